The highest BCUT2D eigenvalue weighted by atomic mass is 35.5. The minimum atomic E-state index is 0. The average Bonchev–Trinajstić information content (AvgIpc) is 2.83. The van der Waals surface area contributed by atoms with Crippen LogP contribution in [-0.4, -0.2) is 11.4 Å². The second-order valence-electron chi connectivity index (χ2n) is 5.59. The van der Waals surface area contributed by atoms with E-state index in [0.717, 1.165) is 23.5 Å². The van der Waals surface area contributed by atoms with Crippen molar-refractivity contribution in [1.82, 2.24) is 0 Å². The molecule has 0 aromatic heterocycles. The second-order valence-corrected chi connectivity index (χ2v) is 5.59. The predicted octanol–water partition coefficient (Wildman–Crippen LogP) is 0.417. The van der Waals surface area contributed by atoms with E-state index in [9.17, 15) is 0 Å². The van der Waals surface area contributed by atoms with E-state index < -0.39 is 0 Å². The number of nitrogens with zero attached hydrogens (tertiary/aromatic N) is 1. The van der Waals surface area contributed by atoms with Gasteiger partial charge in [0.25, 0.3) is 0 Å². The summed E-state index contributed by atoms with van der Waals surface area (Å²) in [5.41, 5.74) is 6.67. The van der Waals surface area contributed by atoms with Crippen molar-refractivity contribution < 1.29 is 17.4 Å². The summed E-state index contributed by atoms with van der Waals surface area (Å²) in [4.78, 5) is 8.50. The Labute approximate surface area is 148 Å². The van der Waals surface area contributed by atoms with Gasteiger partial charge in [-0.25, -0.2) is 9.98 Å². The molecule has 0 saturated carbocycles. The Morgan fingerprint density at radius 2 is 1.25 bits per heavy atom. The van der Waals surface area contributed by atoms with Gasteiger partial charge in [0.15, 0.2) is 5.71 Å². The summed E-state index contributed by atoms with van der Waals surface area (Å²) in [5, 5.41) is 0. The lowest BCUT2D eigenvalue weighted by Gasteiger charge is -2.04. The summed E-state index contributed by atoms with van der Waals surface area (Å²) in [5.74, 6) is 0. The highest BCUT2D eigenvalue weighted by molar-refractivity contribution is 6.17. The van der Waals surface area contributed by atoms with Gasteiger partial charge in [0.2, 0.25) is 5.69 Å². The van der Waals surface area contributed by atoms with Crippen molar-refractivity contribution in [3.8, 4) is 0 Å². The summed E-state index contributed by atoms with van der Waals surface area (Å²) in [6.07, 6.45) is 0.780. The monoisotopic (exact) mass is 332 g/mol. The fourth-order valence-electron chi connectivity index (χ4n) is 2.85. The van der Waals surface area contributed by atoms with Crippen molar-refractivity contribution in [2.45, 2.75) is 6.42 Å². The maximum atomic E-state index is 4.92. The number of hydrogen-bond acceptors (Lipinski definition) is 1. The fraction of sp³-hybridized carbons (Fsp3) is 0.0476. The van der Waals surface area contributed by atoms with Crippen molar-refractivity contribution in [3.63, 3.8) is 0 Å². The Morgan fingerprint density at radius 3 is 1.96 bits per heavy atom. The summed E-state index contributed by atoms with van der Waals surface area (Å²) in [6.45, 7) is 0. The SMILES string of the molecule is [Cl-].c1ccc(C2=Nc3ccccc3[NH+]=C(c3ccccc3)C2)cc1. The standard InChI is InChI=1S/C21H16N2.ClH/c1-3-9-16(10-4-1)20-15-21(17-11-5-2-6-12-17)23-19-14-8-7-13-18(19)22-20;/h1-14H,15H2;1H. The molecule has 4 rings (SSSR count). The van der Waals surface area contributed by atoms with Gasteiger partial charge in [-0.3, -0.25) is 0 Å². The van der Waals surface area contributed by atoms with Gasteiger partial charge in [0, 0.05) is 11.6 Å². The summed E-state index contributed by atoms with van der Waals surface area (Å²) >= 11 is 0. The first kappa shape index (κ1) is 16.2. The number of halogens is 1. The molecule has 1 aliphatic heterocycles. The fourth-order valence-corrected chi connectivity index (χ4v) is 2.85. The number of rotatable bonds is 2. The number of fused-ring (bicyclic) bond motifs is 1. The first-order valence-electron chi connectivity index (χ1n) is 7.80. The van der Waals surface area contributed by atoms with Crippen LogP contribution in [0.25, 0.3) is 0 Å². The topological polar surface area (TPSA) is 26.3 Å². The summed E-state index contributed by atoms with van der Waals surface area (Å²) in [6, 6.07) is 29.1. The van der Waals surface area contributed by atoms with Crippen molar-refractivity contribution >= 4 is 22.8 Å². The zero-order chi connectivity index (χ0) is 15.5. The van der Waals surface area contributed by atoms with Crippen LogP contribution in [0.3, 0.4) is 0 Å². The molecular weight excluding hydrogens is 316 g/mol. The van der Waals surface area contributed by atoms with Crippen LogP contribution in [0.1, 0.15) is 17.5 Å². The Hall–Kier alpha value is -2.71. The van der Waals surface area contributed by atoms with Crippen molar-refractivity contribution in [3.05, 3.63) is 96.1 Å². The Morgan fingerprint density at radius 1 is 0.667 bits per heavy atom. The molecule has 0 spiro atoms. The first-order chi connectivity index (χ1) is 11.4. The van der Waals surface area contributed by atoms with Gasteiger partial charge in [-0.2, -0.15) is 0 Å². The van der Waals surface area contributed by atoms with Gasteiger partial charge < -0.3 is 12.4 Å². The van der Waals surface area contributed by atoms with Crippen LogP contribution in [0.2, 0.25) is 0 Å². The van der Waals surface area contributed by atoms with E-state index >= 15 is 0 Å². The normalized spacial score (nSPS) is 13.0. The highest BCUT2D eigenvalue weighted by Crippen LogP contribution is 2.24. The molecule has 0 aliphatic carbocycles. The summed E-state index contributed by atoms with van der Waals surface area (Å²) < 4.78 is 0. The smallest absolute Gasteiger partial charge is 0.229 e. The number of benzene rings is 3. The van der Waals surface area contributed by atoms with Crippen molar-refractivity contribution in [1.29, 1.82) is 0 Å². The molecule has 0 radical (unpaired) electrons. The van der Waals surface area contributed by atoms with Crippen LogP contribution in [-0.2, 0) is 0 Å². The molecule has 0 atom stereocenters. The zero-order valence-electron chi connectivity index (χ0n) is 13.1. The molecule has 0 amide bonds. The van der Waals surface area contributed by atoms with Crippen LogP contribution < -0.4 is 17.4 Å². The lowest BCUT2D eigenvalue weighted by molar-refractivity contribution is -0.352. The van der Waals surface area contributed by atoms with Crippen LogP contribution in [0.15, 0.2) is 89.9 Å². The maximum Gasteiger partial charge on any atom is 0.229 e. The minimum absolute atomic E-state index is 0. The Balaban J connectivity index is 0.00000169. The molecule has 0 unspecified atom stereocenters. The maximum absolute atomic E-state index is 4.92. The molecular formula is C21H17ClN2. The number of para-hydroxylation sites is 2. The Bertz CT molecular complexity index is 809. The van der Waals surface area contributed by atoms with E-state index in [2.05, 4.69) is 65.7 Å². The minimum Gasteiger partial charge on any atom is -1.00 e. The lowest BCUT2D eigenvalue weighted by atomic mass is 10.00. The van der Waals surface area contributed by atoms with E-state index in [-0.39, 0.29) is 12.4 Å². The van der Waals surface area contributed by atoms with Gasteiger partial charge in [-0.15, -0.1) is 0 Å². The Kier molecular flexibility index (Phi) is 4.88. The number of aliphatic imine (C=N–C) groups is 1. The molecule has 0 saturated heterocycles. The zero-order valence-corrected chi connectivity index (χ0v) is 13.9. The third-order valence-electron chi connectivity index (χ3n) is 4.02. The lowest BCUT2D eigenvalue weighted by Crippen LogP contribution is -3.00. The molecule has 3 heteroatoms. The molecule has 1 aliphatic rings. The largest absolute Gasteiger partial charge is 1.00 e. The third kappa shape index (κ3) is 3.29. The number of nitrogens with one attached hydrogen (secondary N) is 1. The van der Waals surface area contributed by atoms with Crippen LogP contribution in [0.4, 0.5) is 11.4 Å². The molecule has 24 heavy (non-hydrogen) atoms. The molecule has 2 nitrogen and oxygen atoms in total. The van der Waals surface area contributed by atoms with Gasteiger partial charge >= 0.3 is 0 Å². The van der Waals surface area contributed by atoms with Gasteiger partial charge in [-0.05, 0) is 23.8 Å². The van der Waals surface area contributed by atoms with Crippen LogP contribution in [0.5, 0.6) is 0 Å². The van der Waals surface area contributed by atoms with E-state index in [0.29, 0.717) is 0 Å². The quantitative estimate of drug-likeness (QED) is 0.704. The molecule has 1 N–H and O–H groups in total. The molecule has 118 valence electrons. The van der Waals surface area contributed by atoms with E-state index in [1.807, 2.05) is 24.3 Å². The van der Waals surface area contributed by atoms with E-state index in [1.54, 1.807) is 0 Å². The third-order valence-corrected chi connectivity index (χ3v) is 4.02. The average molecular weight is 333 g/mol. The molecule has 3 aromatic carbocycles. The van der Waals surface area contributed by atoms with Crippen molar-refractivity contribution in [2.24, 2.45) is 4.99 Å². The predicted molar refractivity (Wildman–Crippen MR) is 94.9 cm³/mol. The molecule has 0 bridgehead atoms. The number of hydrogen-bond donors (Lipinski definition) is 1. The highest BCUT2D eigenvalue weighted by Gasteiger charge is 2.20. The second kappa shape index (κ2) is 7.24. The van der Waals surface area contributed by atoms with Crippen molar-refractivity contribution in [2.75, 3.05) is 0 Å². The molecule has 3 aromatic rings. The van der Waals surface area contributed by atoms with Gasteiger partial charge in [0.05, 0.1) is 12.1 Å². The van der Waals surface area contributed by atoms with Crippen LogP contribution >= 0.6 is 0 Å². The van der Waals surface area contributed by atoms with Gasteiger partial charge in [-0.1, -0.05) is 60.7 Å². The van der Waals surface area contributed by atoms with Gasteiger partial charge in [0.1, 0.15) is 5.69 Å². The summed E-state index contributed by atoms with van der Waals surface area (Å²) in [7, 11) is 0. The van der Waals surface area contributed by atoms with E-state index in [1.165, 1.54) is 16.8 Å². The molecule has 1 heterocycles. The molecule has 0 fully saturated rings. The van der Waals surface area contributed by atoms with Crippen LogP contribution in [0, 0.1) is 0 Å². The first-order valence-corrected chi connectivity index (χ1v) is 7.80. The van der Waals surface area contributed by atoms with E-state index in [4.69, 9.17) is 4.99 Å².